The molecule has 1 aliphatic carbocycles. The molecule has 6 nitrogen and oxygen atoms in total. The first-order valence-electron chi connectivity index (χ1n) is 9.25. The van der Waals surface area contributed by atoms with Gasteiger partial charge in [0.1, 0.15) is 11.9 Å². The summed E-state index contributed by atoms with van der Waals surface area (Å²) in [4.78, 5) is 25.9. The fourth-order valence-electron chi connectivity index (χ4n) is 4.36. The predicted molar refractivity (Wildman–Crippen MR) is 96.3 cm³/mol. The second-order valence-corrected chi connectivity index (χ2v) is 9.88. The number of halogens is 1. The van der Waals surface area contributed by atoms with E-state index in [4.69, 9.17) is 0 Å². The Hall–Kier alpha value is -1.96. The van der Waals surface area contributed by atoms with Crippen LogP contribution in [0.2, 0.25) is 0 Å². The van der Waals surface area contributed by atoms with Crippen LogP contribution in [-0.2, 0) is 19.4 Å². The van der Waals surface area contributed by atoms with Gasteiger partial charge in [-0.1, -0.05) is 12.8 Å². The summed E-state index contributed by atoms with van der Waals surface area (Å²) in [7, 11) is -3.81. The quantitative estimate of drug-likeness (QED) is 0.771. The molecule has 1 amide bonds. The first kappa shape index (κ1) is 19.8. The molecule has 0 radical (unpaired) electrons. The van der Waals surface area contributed by atoms with Crippen LogP contribution in [0.1, 0.15) is 45.4 Å². The number of carbonyl (C=O) groups is 2. The van der Waals surface area contributed by atoms with Gasteiger partial charge in [-0.2, -0.15) is 0 Å². The Morgan fingerprint density at radius 1 is 1.22 bits per heavy atom. The van der Waals surface area contributed by atoms with Crippen LogP contribution in [0.4, 0.5) is 4.39 Å². The molecule has 1 aromatic rings. The van der Waals surface area contributed by atoms with Crippen molar-refractivity contribution in [3.05, 3.63) is 30.1 Å². The third-order valence-electron chi connectivity index (χ3n) is 5.80. The van der Waals surface area contributed by atoms with E-state index in [1.54, 1.807) is 0 Å². The van der Waals surface area contributed by atoms with Gasteiger partial charge in [-0.25, -0.2) is 17.6 Å². The first-order chi connectivity index (χ1) is 12.7. The van der Waals surface area contributed by atoms with Crippen LogP contribution in [0.5, 0.6) is 0 Å². The van der Waals surface area contributed by atoms with Gasteiger partial charge in [-0.3, -0.25) is 4.79 Å². The van der Waals surface area contributed by atoms with Crippen molar-refractivity contribution >= 4 is 21.7 Å². The van der Waals surface area contributed by atoms with Crippen molar-refractivity contribution in [2.24, 2.45) is 5.92 Å². The number of carboxylic acid groups (broad SMARTS) is 1. The highest BCUT2D eigenvalue weighted by Crippen LogP contribution is 2.40. The number of carboxylic acids is 1. The lowest BCUT2D eigenvalue weighted by atomic mass is 9.84. The molecule has 0 spiro atoms. The van der Waals surface area contributed by atoms with E-state index in [-0.39, 0.29) is 23.3 Å². The van der Waals surface area contributed by atoms with Crippen LogP contribution in [0, 0.1) is 11.7 Å². The van der Waals surface area contributed by atoms with E-state index in [1.807, 2.05) is 0 Å². The van der Waals surface area contributed by atoms with E-state index in [1.165, 1.54) is 24.0 Å². The Balaban J connectivity index is 1.78. The number of amides is 1. The lowest BCUT2D eigenvalue weighted by Crippen LogP contribution is -2.47. The van der Waals surface area contributed by atoms with Gasteiger partial charge in [0.05, 0.1) is 10.1 Å². The lowest BCUT2D eigenvalue weighted by molar-refractivity contribution is -0.149. The molecule has 4 atom stereocenters. The second-order valence-electron chi connectivity index (χ2n) is 7.52. The van der Waals surface area contributed by atoms with Crippen LogP contribution >= 0.6 is 0 Å². The average molecular weight is 397 g/mol. The summed E-state index contributed by atoms with van der Waals surface area (Å²) in [5, 5.41) is 8.51. The number of benzene rings is 1. The molecule has 1 N–H and O–H groups in total. The predicted octanol–water partition coefficient (Wildman–Crippen LogP) is 2.62. The van der Waals surface area contributed by atoms with E-state index in [0.29, 0.717) is 6.42 Å². The summed E-state index contributed by atoms with van der Waals surface area (Å²) in [6.45, 7) is 1.43. The highest BCUT2D eigenvalue weighted by molar-refractivity contribution is 7.92. The SMILES string of the molecule is CC(CC(=O)N1C(C(=O)O)CC2CCCCC21)S(=O)(=O)c1ccc(F)cc1. The van der Waals surface area contributed by atoms with Crippen molar-refractivity contribution in [3.8, 4) is 0 Å². The number of aliphatic carboxylic acids is 1. The van der Waals surface area contributed by atoms with Crippen molar-refractivity contribution in [3.63, 3.8) is 0 Å². The van der Waals surface area contributed by atoms with E-state index in [9.17, 15) is 27.5 Å². The second kappa shape index (κ2) is 7.58. The zero-order chi connectivity index (χ0) is 19.8. The van der Waals surface area contributed by atoms with E-state index in [0.717, 1.165) is 37.8 Å². The number of rotatable bonds is 5. The molecule has 0 bridgehead atoms. The molecule has 8 heteroatoms. The fourth-order valence-corrected chi connectivity index (χ4v) is 5.70. The summed E-state index contributed by atoms with van der Waals surface area (Å²) in [6.07, 6.45) is 3.80. The maximum Gasteiger partial charge on any atom is 0.326 e. The van der Waals surface area contributed by atoms with Crippen LogP contribution in [0.3, 0.4) is 0 Å². The largest absolute Gasteiger partial charge is 0.480 e. The maximum absolute atomic E-state index is 13.1. The van der Waals surface area contributed by atoms with Crippen molar-refractivity contribution in [1.29, 1.82) is 0 Å². The summed E-state index contributed by atoms with van der Waals surface area (Å²) in [6, 6.07) is 3.49. The summed E-state index contributed by atoms with van der Waals surface area (Å²) >= 11 is 0. The fraction of sp³-hybridized carbons (Fsp3) is 0.579. The number of fused-ring (bicyclic) bond motifs is 1. The van der Waals surface area contributed by atoms with Crippen molar-refractivity contribution in [2.75, 3.05) is 0 Å². The Morgan fingerprint density at radius 3 is 2.48 bits per heavy atom. The van der Waals surface area contributed by atoms with Gasteiger partial charge in [0, 0.05) is 12.5 Å². The van der Waals surface area contributed by atoms with Crippen LogP contribution in [-0.4, -0.2) is 47.6 Å². The molecule has 1 aromatic carbocycles. The highest BCUT2D eigenvalue weighted by Gasteiger charge is 2.47. The smallest absolute Gasteiger partial charge is 0.326 e. The summed E-state index contributed by atoms with van der Waals surface area (Å²) in [5.41, 5.74) is 0. The molecule has 4 unspecified atom stereocenters. The topological polar surface area (TPSA) is 91.8 Å². The molecule has 148 valence electrons. The van der Waals surface area contributed by atoms with E-state index in [2.05, 4.69) is 0 Å². The van der Waals surface area contributed by atoms with Crippen LogP contribution < -0.4 is 0 Å². The van der Waals surface area contributed by atoms with Gasteiger partial charge in [-0.15, -0.1) is 0 Å². The van der Waals surface area contributed by atoms with Gasteiger partial charge in [0.25, 0.3) is 0 Å². The molecule has 1 saturated carbocycles. The number of hydrogen-bond acceptors (Lipinski definition) is 4. The molecular weight excluding hydrogens is 373 g/mol. The Bertz CT molecular complexity index is 823. The van der Waals surface area contributed by atoms with Crippen molar-refractivity contribution in [2.45, 2.75) is 67.7 Å². The monoisotopic (exact) mass is 397 g/mol. The van der Waals surface area contributed by atoms with Crippen molar-refractivity contribution in [1.82, 2.24) is 4.90 Å². The van der Waals surface area contributed by atoms with Gasteiger partial charge in [-0.05, 0) is 56.4 Å². The number of likely N-dealkylation sites (tertiary alicyclic amines) is 1. The van der Waals surface area contributed by atoms with Gasteiger partial charge < -0.3 is 10.0 Å². The molecule has 2 aliphatic rings. The Labute approximate surface area is 158 Å². The zero-order valence-corrected chi connectivity index (χ0v) is 16.0. The highest BCUT2D eigenvalue weighted by atomic mass is 32.2. The number of sulfone groups is 1. The normalized spacial score (nSPS) is 26.4. The molecule has 2 fully saturated rings. The molecule has 1 aliphatic heterocycles. The standard InChI is InChI=1S/C19H24FNO5S/c1-12(27(25,26)15-8-6-14(20)7-9-15)10-18(22)21-16-5-3-2-4-13(16)11-17(21)19(23)24/h6-9,12-13,16-17H,2-5,10-11H2,1H3,(H,23,24). The molecule has 3 rings (SSSR count). The molecule has 1 saturated heterocycles. The molecule has 1 heterocycles. The molecule has 27 heavy (non-hydrogen) atoms. The molecule has 0 aromatic heterocycles. The van der Waals surface area contributed by atoms with Gasteiger partial charge >= 0.3 is 5.97 Å². The van der Waals surface area contributed by atoms with E-state index < -0.39 is 38.8 Å². The van der Waals surface area contributed by atoms with E-state index >= 15 is 0 Å². The van der Waals surface area contributed by atoms with Gasteiger partial charge in [0.2, 0.25) is 5.91 Å². The number of carbonyl (C=O) groups excluding carboxylic acids is 1. The Morgan fingerprint density at radius 2 is 1.85 bits per heavy atom. The summed E-state index contributed by atoms with van der Waals surface area (Å²) < 4.78 is 38.4. The lowest BCUT2D eigenvalue weighted by Gasteiger charge is -2.33. The Kier molecular flexibility index (Phi) is 5.55. The van der Waals surface area contributed by atoms with Crippen LogP contribution in [0.25, 0.3) is 0 Å². The maximum atomic E-state index is 13.1. The number of nitrogens with zero attached hydrogens (tertiary/aromatic N) is 1. The average Bonchev–Trinajstić information content (AvgIpc) is 3.02. The van der Waals surface area contributed by atoms with Crippen LogP contribution in [0.15, 0.2) is 29.2 Å². The van der Waals surface area contributed by atoms with Crippen molar-refractivity contribution < 1.29 is 27.5 Å². The zero-order valence-electron chi connectivity index (χ0n) is 15.2. The minimum absolute atomic E-state index is 0.0454. The third-order valence-corrected chi connectivity index (χ3v) is 7.95. The third kappa shape index (κ3) is 3.85. The minimum atomic E-state index is -3.81. The minimum Gasteiger partial charge on any atom is -0.480 e. The molecular formula is C19H24FNO5S. The summed E-state index contributed by atoms with van der Waals surface area (Å²) in [5.74, 6) is -1.84. The first-order valence-corrected chi connectivity index (χ1v) is 10.8. The number of hydrogen-bond donors (Lipinski definition) is 1. The van der Waals surface area contributed by atoms with Gasteiger partial charge in [0.15, 0.2) is 9.84 Å².